The van der Waals surface area contributed by atoms with Gasteiger partial charge < -0.3 is 29.7 Å². The molecule has 4 rings (SSSR count). The number of hydrogen-bond acceptors (Lipinski definition) is 8. The van der Waals surface area contributed by atoms with Gasteiger partial charge in [0.2, 0.25) is 5.75 Å². The lowest BCUT2D eigenvalue weighted by atomic mass is 9.98. The molecule has 9 nitrogen and oxygen atoms in total. The minimum absolute atomic E-state index is 0.0689. The molecule has 0 radical (unpaired) electrons. The second kappa shape index (κ2) is 10.1. The molecule has 0 spiro atoms. The van der Waals surface area contributed by atoms with Crippen molar-refractivity contribution in [3.8, 4) is 28.7 Å². The number of hydrazone groups is 1. The zero-order chi connectivity index (χ0) is 24.1. The summed E-state index contributed by atoms with van der Waals surface area (Å²) in [5.74, 6) is 2.68. The Balaban J connectivity index is 1.47. The number of hydrogen-bond donors (Lipinski definition) is 2. The van der Waals surface area contributed by atoms with Gasteiger partial charge in [0, 0.05) is 31.3 Å². The van der Waals surface area contributed by atoms with Crippen molar-refractivity contribution in [3.05, 3.63) is 71.5 Å². The fourth-order valence-corrected chi connectivity index (χ4v) is 3.78. The molecule has 3 aromatic rings. The van der Waals surface area contributed by atoms with Gasteiger partial charge in [0.25, 0.3) is 5.91 Å². The molecule has 1 aromatic heterocycles. The molecule has 0 saturated heterocycles. The summed E-state index contributed by atoms with van der Waals surface area (Å²) in [4.78, 5) is 15.8. The van der Waals surface area contributed by atoms with E-state index in [-0.39, 0.29) is 11.9 Å². The number of methoxy groups -OCH3 is 3. The van der Waals surface area contributed by atoms with Gasteiger partial charge in [-0.15, -0.1) is 0 Å². The number of amides is 1. The van der Waals surface area contributed by atoms with Crippen LogP contribution >= 0.6 is 0 Å². The summed E-state index contributed by atoms with van der Waals surface area (Å²) < 4.78 is 22.4. The molecular weight excluding hydrogens is 436 g/mol. The number of benzene rings is 2. The molecule has 2 N–H and O–H groups in total. The number of nitrogens with one attached hydrogen (secondary N) is 2. The van der Waals surface area contributed by atoms with Crippen LogP contribution in [0.4, 0.5) is 0 Å². The first-order valence-electron chi connectivity index (χ1n) is 10.6. The van der Waals surface area contributed by atoms with Crippen LogP contribution in [0.2, 0.25) is 0 Å². The summed E-state index contributed by atoms with van der Waals surface area (Å²) in [6.45, 7) is 0. The number of pyridine rings is 1. The van der Waals surface area contributed by atoms with Crippen molar-refractivity contribution < 1.29 is 23.7 Å². The van der Waals surface area contributed by atoms with Gasteiger partial charge in [0.05, 0.1) is 33.1 Å². The minimum atomic E-state index is -0.270. The summed E-state index contributed by atoms with van der Waals surface area (Å²) >= 11 is 0. The van der Waals surface area contributed by atoms with Gasteiger partial charge in [-0.2, -0.15) is 5.10 Å². The molecule has 1 atom stereocenters. The lowest BCUT2D eigenvalue weighted by Gasteiger charge is -2.19. The molecule has 0 saturated carbocycles. The van der Waals surface area contributed by atoms with Crippen LogP contribution in [0.15, 0.2) is 59.8 Å². The van der Waals surface area contributed by atoms with E-state index >= 15 is 0 Å². The highest BCUT2D eigenvalue weighted by atomic mass is 16.5. The standard InChI is InChI=1S/C25H26N4O5/c1-26-25(30)21-13-17(11-12-27-21)34-16-7-5-15(6-8-16)19-14-20(29-28-19)18-9-10-22(31-2)24(33-4)23(18)32-3/h5-13,20,29H,14H2,1-4H3,(H,26,30). The van der Waals surface area contributed by atoms with Crippen LogP contribution in [0.1, 0.15) is 34.1 Å². The molecule has 9 heteroatoms. The normalized spacial score (nSPS) is 14.6. The van der Waals surface area contributed by atoms with Gasteiger partial charge in [-0.3, -0.25) is 9.78 Å². The molecule has 2 heterocycles. The molecule has 1 unspecified atom stereocenters. The minimum Gasteiger partial charge on any atom is -0.493 e. The Morgan fingerprint density at radius 2 is 1.74 bits per heavy atom. The molecule has 1 amide bonds. The fourth-order valence-electron chi connectivity index (χ4n) is 3.78. The largest absolute Gasteiger partial charge is 0.493 e. The highest BCUT2D eigenvalue weighted by Gasteiger charge is 2.27. The highest BCUT2D eigenvalue weighted by Crippen LogP contribution is 2.43. The SMILES string of the molecule is CNC(=O)c1cc(Oc2ccc(C3=NNC(c4ccc(OC)c(OC)c4OC)C3)cc2)ccn1. The predicted octanol–water partition coefficient (Wildman–Crippen LogP) is 3.70. The summed E-state index contributed by atoms with van der Waals surface area (Å²) in [7, 11) is 6.34. The molecule has 0 aliphatic carbocycles. The maximum Gasteiger partial charge on any atom is 0.269 e. The smallest absolute Gasteiger partial charge is 0.269 e. The van der Waals surface area contributed by atoms with Gasteiger partial charge in [-0.05, 0) is 48.0 Å². The summed E-state index contributed by atoms with van der Waals surface area (Å²) in [6, 6.07) is 14.7. The molecular formula is C25H26N4O5. The first-order chi connectivity index (χ1) is 16.6. The second-order valence-electron chi connectivity index (χ2n) is 7.45. The zero-order valence-electron chi connectivity index (χ0n) is 19.4. The first kappa shape index (κ1) is 22.9. The fraction of sp³-hybridized carbons (Fsp3) is 0.240. The van der Waals surface area contributed by atoms with Crippen LogP contribution in [0.3, 0.4) is 0 Å². The highest BCUT2D eigenvalue weighted by molar-refractivity contribution is 6.02. The molecule has 1 aliphatic rings. The van der Waals surface area contributed by atoms with Gasteiger partial charge >= 0.3 is 0 Å². The lowest BCUT2D eigenvalue weighted by Crippen LogP contribution is -2.18. The number of carbonyl (C=O) groups excluding carboxylic acids is 1. The average molecular weight is 463 g/mol. The van der Waals surface area contributed by atoms with Crippen molar-refractivity contribution in [2.45, 2.75) is 12.5 Å². The van der Waals surface area contributed by atoms with Crippen LogP contribution < -0.4 is 29.7 Å². The van der Waals surface area contributed by atoms with Crippen molar-refractivity contribution in [3.63, 3.8) is 0 Å². The quantitative estimate of drug-likeness (QED) is 0.526. The number of carbonyl (C=O) groups is 1. The first-order valence-corrected chi connectivity index (χ1v) is 10.6. The van der Waals surface area contributed by atoms with E-state index in [1.807, 2.05) is 36.4 Å². The Morgan fingerprint density at radius 3 is 2.41 bits per heavy atom. The van der Waals surface area contributed by atoms with Crippen LogP contribution in [0, 0.1) is 0 Å². The topological polar surface area (TPSA) is 103 Å². The van der Waals surface area contributed by atoms with Crippen LogP contribution in [0.25, 0.3) is 0 Å². The Bertz CT molecular complexity index is 1210. The Morgan fingerprint density at radius 1 is 0.971 bits per heavy atom. The van der Waals surface area contributed by atoms with Crippen molar-refractivity contribution in [1.82, 2.24) is 15.7 Å². The Labute approximate surface area is 197 Å². The Hall–Kier alpha value is -4.27. The van der Waals surface area contributed by atoms with Crippen LogP contribution in [-0.2, 0) is 0 Å². The second-order valence-corrected chi connectivity index (χ2v) is 7.45. The number of ether oxygens (including phenoxy) is 4. The molecule has 176 valence electrons. The Kier molecular flexibility index (Phi) is 6.82. The van der Waals surface area contributed by atoms with Gasteiger partial charge in [0.15, 0.2) is 11.5 Å². The number of aromatic nitrogens is 1. The predicted molar refractivity (Wildman–Crippen MR) is 127 cm³/mol. The third-order valence-electron chi connectivity index (χ3n) is 5.48. The summed E-state index contributed by atoms with van der Waals surface area (Å²) in [6.07, 6.45) is 2.21. The third-order valence-corrected chi connectivity index (χ3v) is 5.48. The maximum atomic E-state index is 11.8. The van der Waals surface area contributed by atoms with E-state index in [1.165, 1.54) is 6.20 Å². The van der Waals surface area contributed by atoms with Gasteiger partial charge in [0.1, 0.15) is 17.2 Å². The van der Waals surface area contributed by atoms with E-state index in [9.17, 15) is 4.79 Å². The van der Waals surface area contributed by atoms with Gasteiger partial charge in [-0.1, -0.05) is 0 Å². The van der Waals surface area contributed by atoms with E-state index in [0.29, 0.717) is 40.9 Å². The van der Waals surface area contributed by atoms with E-state index < -0.39 is 0 Å². The molecule has 0 fully saturated rings. The maximum absolute atomic E-state index is 11.8. The molecule has 1 aliphatic heterocycles. The van der Waals surface area contributed by atoms with Crippen LogP contribution in [0.5, 0.6) is 28.7 Å². The molecule has 2 aromatic carbocycles. The van der Waals surface area contributed by atoms with Crippen molar-refractivity contribution >= 4 is 11.6 Å². The summed E-state index contributed by atoms with van der Waals surface area (Å²) in [5.41, 5.74) is 6.31. The lowest BCUT2D eigenvalue weighted by molar-refractivity contribution is 0.0958. The van der Waals surface area contributed by atoms with Gasteiger partial charge in [-0.25, -0.2) is 0 Å². The van der Waals surface area contributed by atoms with Crippen LogP contribution in [-0.4, -0.2) is 45.0 Å². The molecule has 0 bridgehead atoms. The average Bonchev–Trinajstić information content (AvgIpc) is 3.37. The van der Waals surface area contributed by atoms with E-state index in [1.54, 1.807) is 40.5 Å². The van der Waals surface area contributed by atoms with Crippen molar-refractivity contribution in [2.75, 3.05) is 28.4 Å². The van der Waals surface area contributed by atoms with Crippen molar-refractivity contribution in [2.24, 2.45) is 5.10 Å². The van der Waals surface area contributed by atoms with E-state index in [4.69, 9.17) is 18.9 Å². The monoisotopic (exact) mass is 462 g/mol. The summed E-state index contributed by atoms with van der Waals surface area (Å²) in [5, 5.41) is 7.09. The van der Waals surface area contributed by atoms with Crippen molar-refractivity contribution in [1.29, 1.82) is 0 Å². The number of nitrogens with zero attached hydrogens (tertiary/aromatic N) is 2. The van der Waals surface area contributed by atoms with E-state index in [2.05, 4.69) is 20.8 Å². The third kappa shape index (κ3) is 4.59. The zero-order valence-corrected chi connectivity index (χ0v) is 19.4. The van der Waals surface area contributed by atoms with E-state index in [0.717, 1.165) is 16.8 Å². The number of rotatable bonds is 8. The molecule has 34 heavy (non-hydrogen) atoms.